The molecule has 0 bridgehead atoms. The molecule has 0 aliphatic heterocycles. The zero-order chi connectivity index (χ0) is 14.7. The van der Waals surface area contributed by atoms with Crippen LogP contribution in [0, 0.1) is 6.92 Å². The average molecular weight is 290 g/mol. The number of nitrogen functional groups attached to an aromatic ring is 1. The summed E-state index contributed by atoms with van der Waals surface area (Å²) in [5, 5.41) is 0.548. The third-order valence-corrected chi connectivity index (χ3v) is 3.39. The molecule has 0 amide bonds. The molecule has 0 radical (unpaired) electrons. The smallest absolute Gasteiger partial charge is 0.196 e. The lowest BCUT2D eigenvalue weighted by Gasteiger charge is -2.12. The summed E-state index contributed by atoms with van der Waals surface area (Å²) >= 11 is 6.11. The minimum atomic E-state index is -0.129. The fourth-order valence-corrected chi connectivity index (χ4v) is 2.06. The van der Waals surface area contributed by atoms with Gasteiger partial charge in [0.15, 0.2) is 5.78 Å². The fraction of sp³-hybridized carbons (Fsp3) is 0.188. The molecule has 20 heavy (non-hydrogen) atoms. The van der Waals surface area contributed by atoms with Crippen LogP contribution in [0.3, 0.4) is 0 Å². The fourth-order valence-electron chi connectivity index (χ4n) is 1.90. The highest BCUT2D eigenvalue weighted by Gasteiger charge is 2.16. The third-order valence-electron chi connectivity index (χ3n) is 2.98. The second-order valence-corrected chi connectivity index (χ2v) is 4.89. The number of hydrogen-bond acceptors (Lipinski definition) is 3. The van der Waals surface area contributed by atoms with Crippen LogP contribution in [0.15, 0.2) is 36.4 Å². The molecule has 0 heterocycles. The van der Waals surface area contributed by atoms with E-state index in [1.807, 2.05) is 13.8 Å². The molecule has 2 rings (SSSR count). The molecule has 0 atom stereocenters. The quantitative estimate of drug-likeness (QED) is 0.687. The summed E-state index contributed by atoms with van der Waals surface area (Å²) in [6.45, 7) is 4.24. The van der Waals surface area contributed by atoms with Gasteiger partial charge in [0.1, 0.15) is 5.75 Å². The molecule has 0 aliphatic rings. The highest BCUT2D eigenvalue weighted by atomic mass is 35.5. The number of aryl methyl sites for hydroxylation is 1. The minimum absolute atomic E-state index is 0.129. The van der Waals surface area contributed by atoms with Crippen LogP contribution in [-0.2, 0) is 0 Å². The maximum absolute atomic E-state index is 12.5. The Bertz CT molecular complexity index is 636. The summed E-state index contributed by atoms with van der Waals surface area (Å²) in [6, 6.07) is 10.2. The Balaban J connectivity index is 2.47. The average Bonchev–Trinajstić information content (AvgIpc) is 2.43. The maximum Gasteiger partial charge on any atom is 0.196 e. The highest BCUT2D eigenvalue weighted by molar-refractivity contribution is 6.32. The molecule has 2 aromatic carbocycles. The van der Waals surface area contributed by atoms with Gasteiger partial charge < -0.3 is 10.5 Å². The number of rotatable bonds is 4. The van der Waals surface area contributed by atoms with Crippen molar-refractivity contribution in [1.29, 1.82) is 0 Å². The first-order valence-corrected chi connectivity index (χ1v) is 6.74. The molecular formula is C16H16ClNO2. The first-order valence-electron chi connectivity index (χ1n) is 6.36. The number of halogens is 1. The summed E-state index contributed by atoms with van der Waals surface area (Å²) in [5.41, 5.74) is 8.15. The molecule has 2 N–H and O–H groups in total. The van der Waals surface area contributed by atoms with Crippen molar-refractivity contribution >= 4 is 23.1 Å². The van der Waals surface area contributed by atoms with E-state index in [2.05, 4.69) is 0 Å². The number of ether oxygens (including phenoxy) is 1. The third kappa shape index (κ3) is 2.94. The van der Waals surface area contributed by atoms with Gasteiger partial charge in [-0.3, -0.25) is 4.79 Å². The van der Waals surface area contributed by atoms with E-state index >= 15 is 0 Å². The van der Waals surface area contributed by atoms with Gasteiger partial charge in [0.2, 0.25) is 0 Å². The van der Waals surface area contributed by atoms with Crippen molar-refractivity contribution in [3.63, 3.8) is 0 Å². The van der Waals surface area contributed by atoms with Crippen LogP contribution < -0.4 is 10.5 Å². The van der Waals surface area contributed by atoms with Crippen LogP contribution in [0.5, 0.6) is 5.75 Å². The molecule has 0 aliphatic carbocycles. The van der Waals surface area contributed by atoms with Crippen molar-refractivity contribution in [2.24, 2.45) is 0 Å². The van der Waals surface area contributed by atoms with Crippen molar-refractivity contribution in [3.05, 3.63) is 58.1 Å². The van der Waals surface area contributed by atoms with Gasteiger partial charge in [-0.1, -0.05) is 11.6 Å². The Morgan fingerprint density at radius 3 is 2.50 bits per heavy atom. The van der Waals surface area contributed by atoms with E-state index < -0.39 is 0 Å². The van der Waals surface area contributed by atoms with Crippen LogP contribution in [0.4, 0.5) is 5.69 Å². The van der Waals surface area contributed by atoms with E-state index in [1.165, 1.54) is 0 Å². The van der Waals surface area contributed by atoms with Crippen molar-refractivity contribution in [2.75, 3.05) is 12.3 Å². The van der Waals surface area contributed by atoms with E-state index in [0.717, 1.165) is 5.56 Å². The van der Waals surface area contributed by atoms with Crippen LogP contribution in [0.25, 0.3) is 0 Å². The summed E-state index contributed by atoms with van der Waals surface area (Å²) in [5.74, 6) is 0.423. The number of nitrogens with two attached hydrogens (primary N) is 1. The van der Waals surface area contributed by atoms with Crippen molar-refractivity contribution in [2.45, 2.75) is 13.8 Å². The largest absolute Gasteiger partial charge is 0.493 e. The van der Waals surface area contributed by atoms with Gasteiger partial charge in [-0.15, -0.1) is 0 Å². The van der Waals surface area contributed by atoms with E-state index in [9.17, 15) is 4.79 Å². The lowest BCUT2D eigenvalue weighted by molar-refractivity contribution is 0.103. The summed E-state index contributed by atoms with van der Waals surface area (Å²) in [6.07, 6.45) is 0. The lowest BCUT2D eigenvalue weighted by atomic mass is 10.0. The standard InChI is InChI=1S/C16H16ClNO2/c1-3-20-15-8-10(2)14(17)9-13(15)16(19)11-4-6-12(18)7-5-11/h4-9H,3,18H2,1-2H3. The topological polar surface area (TPSA) is 52.3 Å². The number of ketones is 1. The molecule has 0 fully saturated rings. The molecule has 0 aromatic heterocycles. The van der Waals surface area contributed by atoms with E-state index in [1.54, 1.807) is 36.4 Å². The van der Waals surface area contributed by atoms with Gasteiger partial charge in [-0.05, 0) is 55.8 Å². The van der Waals surface area contributed by atoms with E-state index in [-0.39, 0.29) is 5.78 Å². The predicted octanol–water partition coefficient (Wildman–Crippen LogP) is 3.86. The monoisotopic (exact) mass is 289 g/mol. The summed E-state index contributed by atoms with van der Waals surface area (Å²) < 4.78 is 5.54. The zero-order valence-electron chi connectivity index (χ0n) is 11.4. The Kier molecular flexibility index (Phi) is 4.30. The lowest BCUT2D eigenvalue weighted by Crippen LogP contribution is -2.06. The van der Waals surface area contributed by atoms with Crippen LogP contribution in [-0.4, -0.2) is 12.4 Å². The minimum Gasteiger partial charge on any atom is -0.493 e. The SMILES string of the molecule is CCOc1cc(C)c(Cl)cc1C(=O)c1ccc(N)cc1. The predicted molar refractivity (Wildman–Crippen MR) is 81.6 cm³/mol. The molecular weight excluding hydrogens is 274 g/mol. The molecule has 0 saturated carbocycles. The maximum atomic E-state index is 12.5. The second kappa shape index (κ2) is 5.97. The van der Waals surface area contributed by atoms with Gasteiger partial charge in [0.05, 0.1) is 12.2 Å². The van der Waals surface area contributed by atoms with Crippen LogP contribution in [0.2, 0.25) is 5.02 Å². The van der Waals surface area contributed by atoms with Crippen LogP contribution >= 0.6 is 11.6 Å². The molecule has 104 valence electrons. The number of carbonyl (C=O) groups is 1. The van der Waals surface area contributed by atoms with Crippen molar-refractivity contribution in [3.8, 4) is 5.75 Å². The van der Waals surface area contributed by atoms with Gasteiger partial charge >= 0.3 is 0 Å². The van der Waals surface area contributed by atoms with E-state index in [0.29, 0.717) is 34.2 Å². The zero-order valence-corrected chi connectivity index (χ0v) is 12.2. The molecule has 0 saturated heterocycles. The van der Waals surface area contributed by atoms with Gasteiger partial charge in [0, 0.05) is 16.3 Å². The summed E-state index contributed by atoms with van der Waals surface area (Å²) in [7, 11) is 0. The van der Waals surface area contributed by atoms with E-state index in [4.69, 9.17) is 22.1 Å². The Hall–Kier alpha value is -2.00. The Morgan fingerprint density at radius 1 is 1.25 bits per heavy atom. The second-order valence-electron chi connectivity index (χ2n) is 4.48. The first kappa shape index (κ1) is 14.4. The van der Waals surface area contributed by atoms with Crippen molar-refractivity contribution in [1.82, 2.24) is 0 Å². The summed E-state index contributed by atoms with van der Waals surface area (Å²) in [4.78, 5) is 12.5. The number of hydrogen-bond donors (Lipinski definition) is 1. The van der Waals surface area contributed by atoms with Gasteiger partial charge in [0.25, 0.3) is 0 Å². The van der Waals surface area contributed by atoms with Crippen LogP contribution in [0.1, 0.15) is 28.4 Å². The number of benzene rings is 2. The van der Waals surface area contributed by atoms with Gasteiger partial charge in [-0.2, -0.15) is 0 Å². The molecule has 0 spiro atoms. The molecule has 2 aromatic rings. The number of anilines is 1. The highest BCUT2D eigenvalue weighted by Crippen LogP contribution is 2.29. The van der Waals surface area contributed by atoms with Gasteiger partial charge in [-0.25, -0.2) is 0 Å². The molecule has 3 nitrogen and oxygen atoms in total. The van der Waals surface area contributed by atoms with Crippen molar-refractivity contribution < 1.29 is 9.53 Å². The normalized spacial score (nSPS) is 10.3. The Labute approximate surface area is 123 Å². The molecule has 0 unspecified atom stereocenters. The Morgan fingerprint density at radius 2 is 1.90 bits per heavy atom. The number of carbonyl (C=O) groups excluding carboxylic acids is 1. The first-order chi connectivity index (χ1) is 9.52. The molecule has 4 heteroatoms.